The van der Waals surface area contributed by atoms with Crippen LogP contribution in [-0.4, -0.2) is 89.3 Å². The Morgan fingerprint density at radius 2 is 0.971 bits per heavy atom. The van der Waals surface area contributed by atoms with E-state index >= 15 is 0 Å². The van der Waals surface area contributed by atoms with E-state index < -0.39 is 35.9 Å². The van der Waals surface area contributed by atoms with Gasteiger partial charge in [-0.15, -0.1) is 0 Å². The summed E-state index contributed by atoms with van der Waals surface area (Å²) in [5, 5.41) is 36.8. The number of nitriles is 3. The molecule has 0 spiro atoms. The molecule has 0 aliphatic carbocycles. The van der Waals surface area contributed by atoms with E-state index in [9.17, 15) is 28.4 Å². The number of benzene rings is 6. The van der Waals surface area contributed by atoms with Crippen molar-refractivity contribution in [3.63, 3.8) is 0 Å². The molecule has 14 rings (SSSR count). The van der Waals surface area contributed by atoms with E-state index in [-0.39, 0.29) is 36.1 Å². The number of esters is 2. The Balaban J connectivity index is 0.000000157. The lowest BCUT2D eigenvalue weighted by Crippen LogP contribution is -2.41. The molecule has 8 heterocycles. The highest BCUT2D eigenvalue weighted by molar-refractivity contribution is 6.62. The molecule has 2 aliphatic rings. The topological polar surface area (TPSA) is 276 Å². The van der Waals surface area contributed by atoms with Crippen molar-refractivity contribution in [2.75, 3.05) is 26.9 Å². The van der Waals surface area contributed by atoms with Crippen LogP contribution in [0, 0.1) is 45.6 Å². The number of carbonyl (C=O) groups excluding carboxylic acids is 2. The third-order valence-electron chi connectivity index (χ3n) is 16.8. The van der Waals surface area contributed by atoms with Gasteiger partial charge in [-0.2, -0.15) is 15.8 Å². The van der Waals surface area contributed by atoms with Crippen LogP contribution in [0.15, 0.2) is 196 Å². The van der Waals surface area contributed by atoms with Gasteiger partial charge in [0.15, 0.2) is 16.7 Å². The van der Waals surface area contributed by atoms with Crippen molar-refractivity contribution in [3.05, 3.63) is 232 Å². The fourth-order valence-electron chi connectivity index (χ4n) is 10.6. The van der Waals surface area contributed by atoms with Gasteiger partial charge in [-0.1, -0.05) is 73.6 Å². The molecule has 12 aromatic rings. The summed E-state index contributed by atoms with van der Waals surface area (Å²) < 4.78 is 76.7. The summed E-state index contributed by atoms with van der Waals surface area (Å²) in [6.45, 7) is 15.1. The number of hydrogen-bond acceptors (Lipinski definition) is 18. The maximum absolute atomic E-state index is 13.7. The predicted octanol–water partition coefficient (Wildman–Crippen LogP) is 18.2. The number of nitrogens with zero attached hydrogens (tertiary/aromatic N) is 6. The third-order valence-corrected chi connectivity index (χ3v) is 17.1. The minimum Gasteiger partial charge on any atom is -0.495 e. The summed E-state index contributed by atoms with van der Waals surface area (Å²) in [6, 6.07) is 50.9. The average Bonchev–Trinajstić information content (AvgIpc) is 1.69. The molecule has 1 atom stereocenters. The largest absolute Gasteiger partial charge is 0.495 e. The van der Waals surface area contributed by atoms with Gasteiger partial charge in [0.1, 0.15) is 69.4 Å². The molecule has 2 saturated heterocycles. The maximum Gasteiger partial charge on any atom is 0.494 e. The van der Waals surface area contributed by atoms with Crippen molar-refractivity contribution in [2.24, 2.45) is 0 Å². The van der Waals surface area contributed by atoms with E-state index in [0.717, 1.165) is 34.4 Å². The van der Waals surface area contributed by atoms with Crippen LogP contribution in [-0.2, 0) is 23.5 Å². The smallest absolute Gasteiger partial charge is 0.494 e. The lowest BCUT2D eigenvalue weighted by molar-refractivity contribution is 0.00578. The van der Waals surface area contributed by atoms with Crippen molar-refractivity contribution >= 4 is 75.4 Å². The Labute approximate surface area is 598 Å². The number of furan rings is 3. The molecule has 103 heavy (non-hydrogen) atoms. The average molecular weight is 1410 g/mol. The second kappa shape index (κ2) is 33.6. The number of carbonyl (C=O) groups is 3. The van der Waals surface area contributed by atoms with Crippen molar-refractivity contribution in [3.8, 4) is 80.2 Å². The van der Waals surface area contributed by atoms with Crippen LogP contribution >= 0.6 is 11.6 Å². The Kier molecular flexibility index (Phi) is 24.6. The molecule has 19 nitrogen and oxygen atoms in total. The van der Waals surface area contributed by atoms with Crippen LogP contribution in [0.3, 0.4) is 0 Å². The molecule has 1 N–H and O–H groups in total. The van der Waals surface area contributed by atoms with Crippen LogP contribution in [0.4, 0.5) is 8.78 Å². The van der Waals surface area contributed by atoms with Gasteiger partial charge in [0.25, 0.3) is 0 Å². The van der Waals surface area contributed by atoms with Gasteiger partial charge >= 0.3 is 25.0 Å². The highest BCUT2D eigenvalue weighted by Gasteiger charge is 2.51. The molecule has 1 unspecified atom stereocenters. The van der Waals surface area contributed by atoms with E-state index in [4.69, 9.17) is 68.7 Å². The van der Waals surface area contributed by atoms with Crippen molar-refractivity contribution in [1.82, 2.24) is 15.0 Å². The molecule has 6 aromatic heterocycles. The van der Waals surface area contributed by atoms with Crippen molar-refractivity contribution < 1.29 is 69.8 Å². The van der Waals surface area contributed by atoms with Crippen LogP contribution < -0.4 is 10.2 Å². The molecular formula is C80H70BClF2N6O13. The first kappa shape index (κ1) is 75.4. The van der Waals surface area contributed by atoms with E-state index in [1.54, 1.807) is 136 Å². The van der Waals surface area contributed by atoms with Gasteiger partial charge in [0.05, 0.1) is 76.0 Å². The van der Waals surface area contributed by atoms with E-state index in [1.807, 2.05) is 64.1 Å². The fourth-order valence-corrected chi connectivity index (χ4v) is 10.8. The highest BCUT2D eigenvalue weighted by atomic mass is 35.5. The third kappa shape index (κ3) is 17.7. The van der Waals surface area contributed by atoms with Gasteiger partial charge in [0, 0.05) is 71.2 Å². The maximum atomic E-state index is 13.7. The number of carboxylic acid groups (broad SMARTS) is 1. The predicted molar refractivity (Wildman–Crippen MR) is 387 cm³/mol. The van der Waals surface area contributed by atoms with Crippen LogP contribution in [0.5, 0.6) is 5.75 Å². The van der Waals surface area contributed by atoms with Gasteiger partial charge in [-0.25, -0.2) is 23.2 Å². The molecule has 2 fully saturated rings. The summed E-state index contributed by atoms with van der Waals surface area (Å²) in [7, 11) is 0.956. The molecule has 0 amide bonds. The van der Waals surface area contributed by atoms with Crippen LogP contribution in [0.2, 0.25) is 5.02 Å². The second-order valence-electron chi connectivity index (χ2n) is 24.1. The standard InChI is InChI=1S/C23H15FN2O3.C22H14N2O4.C16H12ClNO3.C13H15BFNO2.C5H10O.CH4/c1-2-28-23(27)15-5-3-14(4-6-15)21-12-20-22(29-21)18(9-10-26-20)16-7-8-19(24)17(11-16)13-25;1-27-19-7-6-15(10-16(19)12-23)17-8-9-24-18-11-20(28-21(17)18)13-2-4-14(5-3-13)22(25)26;1-2-20-16(19)11-5-3-10(4-6-11)14-9-13-15(21-14)12(17)7-8-18-13;1-12(2)13(3,4)18-14(17-12)10-5-6-11(15)9(7-10)8-16;1-5-3-2-4-6-5;/h3-12H,2H2,1H3;2-11H,1H3,(H,25,26);3-9H,2H2,1H3;5-7H,1-4H3;5H,2-4H2,1H3;1H4. The highest BCUT2D eigenvalue weighted by Crippen LogP contribution is 2.39. The van der Waals surface area contributed by atoms with E-state index in [1.165, 1.54) is 56.3 Å². The van der Waals surface area contributed by atoms with Gasteiger partial charge in [-0.3, -0.25) is 15.0 Å². The first-order valence-corrected chi connectivity index (χ1v) is 32.6. The van der Waals surface area contributed by atoms with Gasteiger partial charge in [0.2, 0.25) is 0 Å². The zero-order chi connectivity index (χ0) is 72.8. The second-order valence-corrected chi connectivity index (χ2v) is 24.5. The zero-order valence-corrected chi connectivity index (χ0v) is 57.4. The summed E-state index contributed by atoms with van der Waals surface area (Å²) in [5.41, 5.74) is 10.4. The summed E-state index contributed by atoms with van der Waals surface area (Å²) >= 11 is 6.06. The molecule has 0 bridgehead atoms. The van der Waals surface area contributed by atoms with E-state index in [0.29, 0.717) is 114 Å². The number of hydrogen-bond donors (Lipinski definition) is 1. The molecular weight excluding hydrogens is 1340 g/mol. The van der Waals surface area contributed by atoms with Crippen LogP contribution in [0.25, 0.3) is 89.5 Å². The SMILES string of the molecule is C.CC1(C)OB(c2ccc(F)c(C#N)c2)OC1(C)C.CC1CCCO1.CCOC(=O)c1ccc(-c2cc3nccc(-c4ccc(F)c(C#N)c4)c3o2)cc1.CCOC(=O)c1ccc(-c2cc3nccc(Cl)c3o2)cc1.COc1ccc(-c2ccnc3cc(-c4ccc(C(=O)O)cc4)oc23)cc1C#N. The Bertz CT molecular complexity index is 5150. The minimum atomic E-state index is -0.979. The quantitative estimate of drug-likeness (QED) is 0.0879. The Morgan fingerprint density at radius 1 is 0.563 bits per heavy atom. The van der Waals surface area contributed by atoms with Gasteiger partial charge in [-0.05, 0) is 169 Å². The molecule has 6 aromatic carbocycles. The number of ether oxygens (including phenoxy) is 4. The number of pyridine rings is 3. The van der Waals surface area contributed by atoms with E-state index in [2.05, 4.69) is 27.9 Å². The fraction of sp³-hybridized carbons (Fsp3) is 0.212. The Morgan fingerprint density at radius 3 is 1.38 bits per heavy atom. The van der Waals surface area contributed by atoms with Crippen LogP contribution in [0.1, 0.15) is 116 Å². The summed E-state index contributed by atoms with van der Waals surface area (Å²) in [4.78, 5) is 47.3. The molecule has 23 heteroatoms. The number of rotatable bonds is 12. The molecule has 0 radical (unpaired) electrons. The minimum absolute atomic E-state index is 0. The van der Waals surface area contributed by atoms with Crippen molar-refractivity contribution in [2.45, 2.75) is 86.0 Å². The number of methoxy groups -OCH3 is 1. The first-order valence-electron chi connectivity index (χ1n) is 32.2. The normalized spacial score (nSPS) is 13.7. The Hall–Kier alpha value is -11.8. The number of carboxylic acids is 1. The monoisotopic (exact) mass is 1410 g/mol. The first-order chi connectivity index (χ1) is 49.0. The lowest BCUT2D eigenvalue weighted by atomic mass is 9.78. The number of halogens is 3. The van der Waals surface area contributed by atoms with Gasteiger partial charge < -0.3 is 46.6 Å². The molecule has 522 valence electrons. The lowest BCUT2D eigenvalue weighted by Gasteiger charge is -2.32. The summed E-state index contributed by atoms with van der Waals surface area (Å²) in [5.74, 6) is -0.459. The van der Waals surface area contributed by atoms with Crippen molar-refractivity contribution in [1.29, 1.82) is 15.8 Å². The number of fused-ring (bicyclic) bond motifs is 3. The summed E-state index contributed by atoms with van der Waals surface area (Å²) in [6.07, 6.45) is 8.02. The number of aromatic carboxylic acids is 1. The zero-order valence-electron chi connectivity index (χ0n) is 56.7. The number of aromatic nitrogens is 3. The molecule has 0 saturated carbocycles. The molecule has 2 aliphatic heterocycles.